The third-order valence-electron chi connectivity index (χ3n) is 6.80. The zero-order valence-corrected chi connectivity index (χ0v) is 20.8. The number of hydrogen-bond donors (Lipinski definition) is 2. The molecule has 3 aromatic rings. The average Bonchev–Trinajstić information content (AvgIpc) is 3.29. The number of nitrogens with one attached hydrogen (secondary N) is 2. The van der Waals surface area contributed by atoms with Crippen LogP contribution in [0.2, 0.25) is 0 Å². The molecule has 0 spiro atoms. The predicted molar refractivity (Wildman–Crippen MR) is 141 cm³/mol. The van der Waals surface area contributed by atoms with E-state index in [0.717, 1.165) is 43.3 Å². The van der Waals surface area contributed by atoms with Gasteiger partial charge in [-0.3, -0.25) is 4.99 Å². The number of benzene rings is 2. The number of aromatic nitrogens is 1. The van der Waals surface area contributed by atoms with Crippen molar-refractivity contribution in [3.8, 4) is 11.3 Å². The maximum Gasteiger partial charge on any atom is 0.195 e. The summed E-state index contributed by atoms with van der Waals surface area (Å²) in [6, 6.07) is 11.6. The number of anilines is 1. The molecule has 0 fully saturated rings. The molecule has 0 unspecified atom stereocenters. The van der Waals surface area contributed by atoms with E-state index in [-0.39, 0.29) is 0 Å². The quantitative estimate of drug-likeness (QED) is 0.460. The van der Waals surface area contributed by atoms with Gasteiger partial charge < -0.3 is 10.6 Å². The first kappa shape index (κ1) is 22.1. The van der Waals surface area contributed by atoms with E-state index >= 15 is 0 Å². The van der Waals surface area contributed by atoms with Crippen molar-refractivity contribution in [3.63, 3.8) is 0 Å². The molecule has 0 saturated heterocycles. The van der Waals surface area contributed by atoms with Crippen molar-refractivity contribution in [3.05, 3.63) is 68.5 Å². The highest BCUT2D eigenvalue weighted by molar-refractivity contribution is 7.10. The van der Waals surface area contributed by atoms with Gasteiger partial charge in [-0.2, -0.15) is 0 Å². The Labute approximate surface area is 201 Å². The molecule has 5 heteroatoms. The fraction of sp³-hybridized carbons (Fsp3) is 0.429. The summed E-state index contributed by atoms with van der Waals surface area (Å²) in [6.45, 7) is 8.60. The van der Waals surface area contributed by atoms with Crippen LogP contribution in [0, 0.1) is 6.92 Å². The molecule has 2 aliphatic rings. The topological polar surface area (TPSA) is 49.3 Å². The van der Waals surface area contributed by atoms with E-state index in [1.165, 1.54) is 64.1 Å². The molecule has 172 valence electrons. The first-order valence-corrected chi connectivity index (χ1v) is 13.2. The Kier molecular flexibility index (Phi) is 6.50. The molecule has 5 rings (SSSR count). The largest absolute Gasteiger partial charge is 0.356 e. The smallest absolute Gasteiger partial charge is 0.195 e. The Morgan fingerprint density at radius 2 is 1.91 bits per heavy atom. The van der Waals surface area contributed by atoms with Crippen molar-refractivity contribution in [1.29, 1.82) is 0 Å². The molecule has 0 saturated carbocycles. The number of hydrogen-bond acceptors (Lipinski definition) is 5. The lowest BCUT2D eigenvalue weighted by Gasteiger charge is -2.20. The van der Waals surface area contributed by atoms with Gasteiger partial charge in [-0.25, -0.2) is 4.98 Å². The number of thiazole rings is 1. The summed E-state index contributed by atoms with van der Waals surface area (Å²) in [4.78, 5) is 9.62. The summed E-state index contributed by atoms with van der Waals surface area (Å²) in [5.41, 5.74) is 10.6. The van der Waals surface area contributed by atoms with Gasteiger partial charge in [0, 0.05) is 36.1 Å². The van der Waals surface area contributed by atoms with E-state index in [1.807, 2.05) is 0 Å². The zero-order chi connectivity index (χ0) is 22.8. The second kappa shape index (κ2) is 9.68. The molecule has 33 heavy (non-hydrogen) atoms. The monoisotopic (exact) mass is 458 g/mol. The van der Waals surface area contributed by atoms with Crippen molar-refractivity contribution in [1.82, 2.24) is 10.3 Å². The molecule has 0 radical (unpaired) electrons. The van der Waals surface area contributed by atoms with E-state index in [9.17, 15) is 0 Å². The van der Waals surface area contributed by atoms with E-state index in [0.29, 0.717) is 5.92 Å². The van der Waals surface area contributed by atoms with Crippen LogP contribution in [0.4, 0.5) is 5.69 Å². The van der Waals surface area contributed by atoms with Gasteiger partial charge >= 0.3 is 0 Å². The molecule has 0 bridgehead atoms. The van der Waals surface area contributed by atoms with Crippen LogP contribution >= 0.6 is 11.3 Å². The molecule has 2 aromatic carbocycles. The van der Waals surface area contributed by atoms with Gasteiger partial charge in [0.1, 0.15) is 0 Å². The Morgan fingerprint density at radius 1 is 1.06 bits per heavy atom. The molecule has 2 heterocycles. The summed E-state index contributed by atoms with van der Waals surface area (Å²) in [5, 5.41) is 10.3. The molecular weight excluding hydrogens is 424 g/mol. The second-order valence-corrected chi connectivity index (χ2v) is 10.6. The number of guanidine groups is 1. The van der Waals surface area contributed by atoms with Crippen LogP contribution in [-0.2, 0) is 19.3 Å². The van der Waals surface area contributed by atoms with Crippen molar-refractivity contribution in [2.45, 2.75) is 65.2 Å². The van der Waals surface area contributed by atoms with Crippen LogP contribution in [0.15, 0.2) is 40.7 Å². The van der Waals surface area contributed by atoms with E-state index in [2.05, 4.69) is 72.1 Å². The highest BCUT2D eigenvalue weighted by atomic mass is 32.1. The number of aliphatic imine (C=N–C) groups is 1. The van der Waals surface area contributed by atoms with E-state index in [1.54, 1.807) is 11.3 Å². The maximum atomic E-state index is 5.04. The van der Waals surface area contributed by atoms with Gasteiger partial charge in [-0.1, -0.05) is 32.0 Å². The van der Waals surface area contributed by atoms with Crippen molar-refractivity contribution < 1.29 is 0 Å². The van der Waals surface area contributed by atoms with Crippen LogP contribution in [0.1, 0.15) is 71.9 Å². The fourth-order valence-electron chi connectivity index (χ4n) is 4.93. The summed E-state index contributed by atoms with van der Waals surface area (Å²) in [6.07, 6.45) is 7.04. The maximum absolute atomic E-state index is 5.04. The van der Waals surface area contributed by atoms with Crippen molar-refractivity contribution in [2.24, 2.45) is 4.99 Å². The van der Waals surface area contributed by atoms with Crippen molar-refractivity contribution in [2.75, 3.05) is 18.4 Å². The van der Waals surface area contributed by atoms with Gasteiger partial charge in [0.2, 0.25) is 0 Å². The van der Waals surface area contributed by atoms with Crippen LogP contribution in [0.5, 0.6) is 0 Å². The fourth-order valence-corrected chi connectivity index (χ4v) is 5.76. The number of fused-ring (bicyclic) bond motifs is 1. The van der Waals surface area contributed by atoms with Crippen LogP contribution in [-0.4, -0.2) is 24.0 Å². The molecule has 1 aromatic heterocycles. The van der Waals surface area contributed by atoms with Crippen molar-refractivity contribution >= 4 is 23.0 Å². The lowest BCUT2D eigenvalue weighted by atomic mass is 9.90. The molecule has 0 amide bonds. The van der Waals surface area contributed by atoms with Gasteiger partial charge in [-0.05, 0) is 84.9 Å². The van der Waals surface area contributed by atoms with Crippen LogP contribution < -0.4 is 10.6 Å². The first-order chi connectivity index (χ1) is 16.1. The predicted octanol–water partition coefficient (Wildman–Crippen LogP) is 6.47. The normalized spacial score (nSPS) is 15.7. The molecule has 1 aliphatic carbocycles. The zero-order valence-electron chi connectivity index (χ0n) is 20.0. The standard InChI is InChI=1S/C28H34N4S/c1-18(2)24-16-25(32-28-29-11-6-12-30-28)19(3)13-23(24)15-27-31-26(17-33-27)22-10-9-20-7-4-5-8-21(20)14-22/h9-10,13-14,16-18H,4-8,11-12,15H2,1-3H3,(H2,29,30,32). The Morgan fingerprint density at radius 3 is 2.70 bits per heavy atom. The molecule has 4 nitrogen and oxygen atoms in total. The molecule has 1 aliphatic heterocycles. The highest BCUT2D eigenvalue weighted by Crippen LogP contribution is 2.32. The van der Waals surface area contributed by atoms with Gasteiger partial charge in [-0.15, -0.1) is 11.3 Å². The minimum Gasteiger partial charge on any atom is -0.356 e. The number of aryl methyl sites for hydroxylation is 3. The third-order valence-corrected chi connectivity index (χ3v) is 7.65. The summed E-state index contributed by atoms with van der Waals surface area (Å²) < 4.78 is 0. The second-order valence-electron chi connectivity index (χ2n) is 9.65. The highest BCUT2D eigenvalue weighted by Gasteiger charge is 2.16. The summed E-state index contributed by atoms with van der Waals surface area (Å²) in [7, 11) is 0. The molecular formula is C28H34N4S. The SMILES string of the molecule is Cc1cc(Cc2nc(-c3ccc4c(c3)CCCC4)cs2)c(C(C)C)cc1NC1=NCCCN1. The van der Waals surface area contributed by atoms with E-state index < -0.39 is 0 Å². The summed E-state index contributed by atoms with van der Waals surface area (Å²) >= 11 is 1.78. The number of nitrogens with zero attached hydrogens (tertiary/aromatic N) is 2. The summed E-state index contributed by atoms with van der Waals surface area (Å²) in [5.74, 6) is 1.34. The Balaban J connectivity index is 1.38. The van der Waals surface area contributed by atoms with Gasteiger partial charge in [0.05, 0.1) is 10.7 Å². The first-order valence-electron chi connectivity index (χ1n) is 12.3. The number of rotatable bonds is 5. The van der Waals surface area contributed by atoms with Gasteiger partial charge in [0.25, 0.3) is 0 Å². The van der Waals surface area contributed by atoms with Crippen LogP contribution in [0.3, 0.4) is 0 Å². The van der Waals surface area contributed by atoms with E-state index in [4.69, 9.17) is 4.98 Å². The average molecular weight is 459 g/mol. The Hall–Kier alpha value is -2.66. The lowest BCUT2D eigenvalue weighted by Crippen LogP contribution is -2.35. The third kappa shape index (κ3) is 4.98. The minimum absolute atomic E-state index is 0.447. The minimum atomic E-state index is 0.447. The van der Waals surface area contributed by atoms with Crippen LogP contribution in [0.25, 0.3) is 11.3 Å². The molecule has 0 atom stereocenters. The Bertz CT molecular complexity index is 1170. The molecule has 2 N–H and O–H groups in total. The lowest BCUT2D eigenvalue weighted by molar-refractivity contribution is 0.686. The van der Waals surface area contributed by atoms with Gasteiger partial charge in [0.15, 0.2) is 5.96 Å².